The van der Waals surface area contributed by atoms with Crippen LogP contribution in [0, 0.1) is 0 Å². The number of nitrogens with one attached hydrogen (secondary N) is 3. The second kappa shape index (κ2) is 8.63. The standard InChI is InChI=1S/C22H22F3N5O/c1-21(2,3)28-20(26-18-13-17(29-30-18)14-7-5-4-6-8-14)27-19(31)15-9-11-16(12-10-15)22(23,24)25/h4-13H,1-3H3,(H3,26,27,28,29,30,31). The molecule has 0 bridgehead atoms. The van der Waals surface area contributed by atoms with E-state index in [0.717, 1.165) is 35.5 Å². The number of halogens is 3. The molecular formula is C22H22F3N5O. The second-order valence-electron chi connectivity index (χ2n) is 7.82. The van der Waals surface area contributed by atoms with Crippen LogP contribution in [0.1, 0.15) is 36.7 Å². The number of guanidine groups is 1. The third-order valence-electron chi connectivity index (χ3n) is 4.06. The van der Waals surface area contributed by atoms with Crippen LogP contribution in [0.5, 0.6) is 0 Å². The van der Waals surface area contributed by atoms with Gasteiger partial charge in [0.05, 0.1) is 16.8 Å². The molecule has 0 saturated heterocycles. The number of benzene rings is 2. The Hall–Kier alpha value is -3.62. The smallest absolute Gasteiger partial charge is 0.309 e. The van der Waals surface area contributed by atoms with Crippen molar-refractivity contribution in [3.63, 3.8) is 0 Å². The first-order valence-electron chi connectivity index (χ1n) is 9.47. The highest BCUT2D eigenvalue weighted by atomic mass is 19.4. The number of aliphatic imine (C=N–C) groups is 1. The molecule has 9 heteroatoms. The zero-order valence-corrected chi connectivity index (χ0v) is 17.2. The van der Waals surface area contributed by atoms with Gasteiger partial charge in [0.2, 0.25) is 5.96 Å². The SMILES string of the molecule is CC(C)(C)N=C(NC(=O)c1ccc(C(F)(F)F)cc1)Nc1cc(-c2ccccc2)[nH]n1. The van der Waals surface area contributed by atoms with E-state index in [4.69, 9.17) is 0 Å². The first-order chi connectivity index (χ1) is 14.5. The Morgan fingerprint density at radius 3 is 2.23 bits per heavy atom. The topological polar surface area (TPSA) is 82.2 Å². The van der Waals surface area contributed by atoms with Crippen LogP contribution in [-0.2, 0) is 6.18 Å². The highest BCUT2D eigenvalue weighted by Crippen LogP contribution is 2.29. The van der Waals surface area contributed by atoms with Gasteiger partial charge in [-0.1, -0.05) is 30.3 Å². The largest absolute Gasteiger partial charge is 0.416 e. The van der Waals surface area contributed by atoms with Gasteiger partial charge in [0, 0.05) is 11.6 Å². The quantitative estimate of drug-likeness (QED) is 0.401. The van der Waals surface area contributed by atoms with E-state index in [1.807, 2.05) is 51.1 Å². The van der Waals surface area contributed by atoms with Crippen LogP contribution in [0.2, 0.25) is 0 Å². The van der Waals surface area contributed by atoms with E-state index >= 15 is 0 Å². The summed E-state index contributed by atoms with van der Waals surface area (Å²) in [5.74, 6) is -0.0406. The molecule has 3 N–H and O–H groups in total. The van der Waals surface area contributed by atoms with Gasteiger partial charge < -0.3 is 5.32 Å². The molecule has 1 aromatic heterocycles. The van der Waals surface area contributed by atoms with Gasteiger partial charge >= 0.3 is 6.18 Å². The predicted octanol–water partition coefficient (Wildman–Crippen LogP) is 5.09. The summed E-state index contributed by atoms with van der Waals surface area (Å²) in [5, 5.41) is 12.7. The first-order valence-corrected chi connectivity index (χ1v) is 9.47. The van der Waals surface area contributed by atoms with Gasteiger partial charge in [-0.3, -0.25) is 15.2 Å². The van der Waals surface area contributed by atoms with Crippen molar-refractivity contribution in [1.29, 1.82) is 0 Å². The summed E-state index contributed by atoms with van der Waals surface area (Å²) < 4.78 is 38.2. The van der Waals surface area contributed by atoms with Crippen molar-refractivity contribution in [3.8, 4) is 11.3 Å². The number of alkyl halides is 3. The Balaban J connectivity index is 1.78. The van der Waals surface area contributed by atoms with Crippen LogP contribution in [-0.4, -0.2) is 27.6 Å². The van der Waals surface area contributed by atoms with Crippen LogP contribution in [0.15, 0.2) is 65.7 Å². The average Bonchev–Trinajstić information content (AvgIpc) is 3.15. The Morgan fingerprint density at radius 1 is 1.00 bits per heavy atom. The zero-order chi connectivity index (χ0) is 22.6. The van der Waals surface area contributed by atoms with Crippen LogP contribution in [0.3, 0.4) is 0 Å². The fourth-order valence-electron chi connectivity index (χ4n) is 2.69. The van der Waals surface area contributed by atoms with Gasteiger partial charge in [-0.25, -0.2) is 4.99 Å². The van der Waals surface area contributed by atoms with E-state index in [1.165, 1.54) is 0 Å². The van der Waals surface area contributed by atoms with Gasteiger partial charge in [-0.2, -0.15) is 18.3 Å². The van der Waals surface area contributed by atoms with E-state index in [0.29, 0.717) is 5.82 Å². The third kappa shape index (κ3) is 6.18. The number of hydrogen-bond acceptors (Lipinski definition) is 3. The van der Waals surface area contributed by atoms with Crippen LogP contribution in [0.4, 0.5) is 19.0 Å². The third-order valence-corrected chi connectivity index (χ3v) is 4.06. The molecule has 2 aromatic carbocycles. The number of rotatable bonds is 3. The van der Waals surface area contributed by atoms with E-state index < -0.39 is 23.2 Å². The minimum atomic E-state index is -4.47. The molecule has 1 heterocycles. The van der Waals surface area contributed by atoms with E-state index in [1.54, 1.807) is 6.07 Å². The summed E-state index contributed by atoms with van der Waals surface area (Å²) in [6.45, 7) is 5.54. The van der Waals surface area contributed by atoms with Crippen molar-refractivity contribution in [2.24, 2.45) is 4.99 Å². The molecule has 3 rings (SSSR count). The second-order valence-corrected chi connectivity index (χ2v) is 7.82. The molecule has 0 radical (unpaired) electrons. The molecular weight excluding hydrogens is 407 g/mol. The maximum absolute atomic E-state index is 12.7. The fourth-order valence-corrected chi connectivity index (χ4v) is 2.69. The lowest BCUT2D eigenvalue weighted by atomic mass is 10.1. The number of carbonyl (C=O) groups is 1. The average molecular weight is 429 g/mol. The number of hydrogen-bond donors (Lipinski definition) is 3. The lowest BCUT2D eigenvalue weighted by Crippen LogP contribution is -2.38. The Kier molecular flexibility index (Phi) is 6.14. The van der Waals surface area contributed by atoms with Crippen LogP contribution in [0.25, 0.3) is 11.3 Å². The number of anilines is 1. The molecule has 162 valence electrons. The van der Waals surface area contributed by atoms with Gasteiger partial charge in [0.25, 0.3) is 5.91 Å². The summed E-state index contributed by atoms with van der Waals surface area (Å²) in [4.78, 5) is 17.0. The molecule has 0 atom stereocenters. The summed E-state index contributed by atoms with van der Waals surface area (Å²) in [7, 11) is 0. The molecule has 0 saturated carbocycles. The van der Waals surface area contributed by atoms with Crippen molar-refractivity contribution in [1.82, 2.24) is 15.5 Å². The van der Waals surface area contributed by atoms with Gasteiger partial charge in [-0.15, -0.1) is 0 Å². The van der Waals surface area contributed by atoms with E-state index in [-0.39, 0.29) is 11.5 Å². The number of nitrogens with zero attached hydrogens (tertiary/aromatic N) is 2. The minimum Gasteiger partial charge on any atom is -0.309 e. The van der Waals surface area contributed by atoms with Crippen LogP contribution < -0.4 is 10.6 Å². The molecule has 1 amide bonds. The van der Waals surface area contributed by atoms with Crippen molar-refractivity contribution < 1.29 is 18.0 Å². The molecule has 3 aromatic rings. The molecule has 0 fully saturated rings. The molecule has 0 aliphatic rings. The monoisotopic (exact) mass is 429 g/mol. The summed E-state index contributed by atoms with van der Waals surface area (Å²) in [5.41, 5.74) is 0.423. The van der Waals surface area contributed by atoms with Crippen LogP contribution >= 0.6 is 0 Å². The van der Waals surface area contributed by atoms with Crippen molar-refractivity contribution in [3.05, 3.63) is 71.8 Å². The molecule has 0 unspecified atom stereocenters. The van der Waals surface area contributed by atoms with Gasteiger partial charge in [-0.05, 0) is 50.6 Å². The molecule has 0 aliphatic carbocycles. The van der Waals surface area contributed by atoms with E-state index in [9.17, 15) is 18.0 Å². The summed E-state index contributed by atoms with van der Waals surface area (Å²) >= 11 is 0. The number of H-pyrrole nitrogens is 1. The van der Waals surface area contributed by atoms with Gasteiger partial charge in [0.1, 0.15) is 0 Å². The van der Waals surface area contributed by atoms with Crippen molar-refractivity contribution in [2.75, 3.05) is 5.32 Å². The number of aromatic amines is 1. The highest BCUT2D eigenvalue weighted by Gasteiger charge is 2.30. The number of amides is 1. The van der Waals surface area contributed by atoms with E-state index in [2.05, 4.69) is 25.8 Å². The number of carbonyl (C=O) groups excluding carboxylic acids is 1. The van der Waals surface area contributed by atoms with Gasteiger partial charge in [0.15, 0.2) is 5.82 Å². The predicted molar refractivity (Wildman–Crippen MR) is 114 cm³/mol. The number of aromatic nitrogens is 2. The Labute approximate surface area is 177 Å². The minimum absolute atomic E-state index is 0.0726. The van der Waals surface area contributed by atoms with Crippen molar-refractivity contribution in [2.45, 2.75) is 32.5 Å². The first kappa shape index (κ1) is 22.1. The molecule has 0 spiro atoms. The lowest BCUT2D eigenvalue weighted by Gasteiger charge is -2.17. The molecule has 6 nitrogen and oxygen atoms in total. The zero-order valence-electron chi connectivity index (χ0n) is 17.2. The lowest BCUT2D eigenvalue weighted by molar-refractivity contribution is -0.137. The molecule has 0 aliphatic heterocycles. The Morgan fingerprint density at radius 2 is 1.65 bits per heavy atom. The maximum atomic E-state index is 12.7. The fraction of sp³-hybridized carbons (Fsp3) is 0.227. The summed E-state index contributed by atoms with van der Waals surface area (Å²) in [6, 6.07) is 15.3. The van der Waals surface area contributed by atoms with Crippen molar-refractivity contribution >= 4 is 17.7 Å². The molecule has 31 heavy (non-hydrogen) atoms. The normalized spacial score (nSPS) is 12.5. The Bertz CT molecular complexity index is 1070. The highest BCUT2D eigenvalue weighted by molar-refractivity contribution is 6.09. The summed E-state index contributed by atoms with van der Waals surface area (Å²) in [6.07, 6.45) is -4.47. The maximum Gasteiger partial charge on any atom is 0.416 e.